The number of rotatable bonds is 2. The topological polar surface area (TPSA) is 24.4 Å². The Hall–Kier alpha value is -0.320. The molecule has 2 aliphatic rings. The molecule has 0 radical (unpaired) electrons. The first-order valence-electron chi connectivity index (χ1n) is 7.31. The van der Waals surface area contributed by atoms with Crippen LogP contribution in [0.5, 0.6) is 0 Å². The van der Waals surface area contributed by atoms with E-state index in [2.05, 4.69) is 25.2 Å². The van der Waals surface area contributed by atoms with Crippen molar-refractivity contribution in [3.8, 4) is 0 Å². The fourth-order valence-corrected chi connectivity index (χ4v) is 5.19. The van der Waals surface area contributed by atoms with Crippen LogP contribution < -0.4 is 5.32 Å². The van der Waals surface area contributed by atoms with E-state index < -0.39 is 0 Å². The van der Waals surface area contributed by atoms with E-state index in [1.54, 1.807) is 4.88 Å². The van der Waals surface area contributed by atoms with Crippen molar-refractivity contribution in [1.82, 2.24) is 5.32 Å². The molecule has 0 atom stereocenters. The monoisotopic (exact) mass is 294 g/mol. The molecular formula is C15H22N2S2. The zero-order valence-corrected chi connectivity index (χ0v) is 13.4. The first kappa shape index (κ1) is 13.7. The first-order chi connectivity index (χ1) is 9.26. The molecule has 19 heavy (non-hydrogen) atoms. The molecule has 1 aromatic rings. The van der Waals surface area contributed by atoms with Gasteiger partial charge in [0.2, 0.25) is 0 Å². The zero-order valence-electron chi connectivity index (χ0n) is 11.8. The maximum Gasteiger partial charge on any atom is 0.0995 e. The Morgan fingerprint density at radius 1 is 1.37 bits per heavy atom. The molecule has 104 valence electrons. The summed E-state index contributed by atoms with van der Waals surface area (Å²) in [6, 6.07) is 2.38. The lowest BCUT2D eigenvalue weighted by Crippen LogP contribution is -2.44. The van der Waals surface area contributed by atoms with Crippen LogP contribution in [-0.4, -0.2) is 29.4 Å². The van der Waals surface area contributed by atoms with Gasteiger partial charge in [0, 0.05) is 21.7 Å². The highest BCUT2D eigenvalue weighted by Crippen LogP contribution is 2.40. The minimum absolute atomic E-state index is 0.200. The third-order valence-corrected chi connectivity index (χ3v) is 6.24. The van der Waals surface area contributed by atoms with Crippen LogP contribution in [0.2, 0.25) is 0 Å². The van der Waals surface area contributed by atoms with Gasteiger partial charge in [0.25, 0.3) is 0 Å². The van der Waals surface area contributed by atoms with E-state index in [1.165, 1.54) is 34.7 Å². The molecular weight excluding hydrogens is 272 g/mol. The number of nitrogens with one attached hydrogen (secondary N) is 1. The molecule has 2 aliphatic heterocycles. The lowest BCUT2D eigenvalue weighted by Gasteiger charge is -2.37. The molecule has 0 unspecified atom stereocenters. The number of thiophene rings is 1. The Morgan fingerprint density at radius 3 is 2.84 bits per heavy atom. The highest BCUT2D eigenvalue weighted by molar-refractivity contribution is 8.14. The Bertz CT molecular complexity index is 484. The normalized spacial score (nSPS) is 21.3. The molecule has 1 saturated heterocycles. The van der Waals surface area contributed by atoms with Crippen molar-refractivity contribution in [2.45, 2.75) is 45.1 Å². The molecule has 1 aromatic heterocycles. The number of hydrogen-bond donors (Lipinski definition) is 1. The molecule has 2 nitrogen and oxygen atoms in total. The second kappa shape index (κ2) is 5.58. The number of hydrogen-bond acceptors (Lipinski definition) is 4. The summed E-state index contributed by atoms with van der Waals surface area (Å²) in [5.74, 6) is 1.11. The molecule has 0 saturated carbocycles. The second-order valence-corrected chi connectivity index (χ2v) is 7.88. The average molecular weight is 294 g/mol. The van der Waals surface area contributed by atoms with E-state index in [0.717, 1.165) is 25.3 Å². The predicted molar refractivity (Wildman–Crippen MR) is 86.9 cm³/mol. The summed E-state index contributed by atoms with van der Waals surface area (Å²) in [6.45, 7) is 6.72. The Kier molecular flexibility index (Phi) is 4.01. The van der Waals surface area contributed by atoms with Crippen LogP contribution in [0.4, 0.5) is 0 Å². The summed E-state index contributed by atoms with van der Waals surface area (Å²) in [5, 5.41) is 4.78. The fraction of sp³-hybridized carbons (Fsp3) is 0.667. The van der Waals surface area contributed by atoms with Gasteiger partial charge in [-0.2, -0.15) is 0 Å². The molecule has 0 aliphatic carbocycles. The Balaban J connectivity index is 1.98. The van der Waals surface area contributed by atoms with Gasteiger partial charge in [-0.15, -0.1) is 23.1 Å². The predicted octanol–water partition coefficient (Wildman–Crippen LogP) is 3.49. The quantitative estimate of drug-likeness (QED) is 0.903. The molecule has 1 fully saturated rings. The summed E-state index contributed by atoms with van der Waals surface area (Å²) in [5.41, 5.74) is 1.64. The Labute approximate surface area is 124 Å². The van der Waals surface area contributed by atoms with Crippen LogP contribution in [0.3, 0.4) is 0 Å². The standard InChI is InChI=1S/C15H22N2S2/c1-3-11-9-12-13(19-11)10-15(5-7-16-8-6-15)17-14(12)18-4-2/h9,16H,3-8,10H2,1-2H3. The Morgan fingerprint density at radius 2 is 2.16 bits per heavy atom. The van der Waals surface area contributed by atoms with Gasteiger partial charge in [-0.3, -0.25) is 4.99 Å². The zero-order chi connectivity index (χ0) is 13.3. The van der Waals surface area contributed by atoms with Crippen molar-refractivity contribution in [3.63, 3.8) is 0 Å². The van der Waals surface area contributed by atoms with Gasteiger partial charge in [-0.1, -0.05) is 13.8 Å². The number of aliphatic imine (C=N–C) groups is 1. The number of thioether (sulfide) groups is 1. The van der Waals surface area contributed by atoms with Crippen molar-refractivity contribution in [3.05, 3.63) is 21.4 Å². The summed E-state index contributed by atoms with van der Waals surface area (Å²) in [4.78, 5) is 8.30. The van der Waals surface area contributed by atoms with E-state index in [-0.39, 0.29) is 5.54 Å². The third kappa shape index (κ3) is 2.63. The smallest absolute Gasteiger partial charge is 0.0995 e. The fourth-order valence-electron chi connectivity index (χ4n) is 3.01. The van der Waals surface area contributed by atoms with Gasteiger partial charge < -0.3 is 5.32 Å². The molecule has 0 bridgehead atoms. The maximum atomic E-state index is 5.20. The van der Waals surface area contributed by atoms with Crippen LogP contribution >= 0.6 is 23.1 Å². The lowest BCUT2D eigenvalue weighted by molar-refractivity contribution is 0.311. The van der Waals surface area contributed by atoms with Gasteiger partial charge in [0.05, 0.1) is 10.6 Å². The van der Waals surface area contributed by atoms with Crippen LogP contribution in [0.25, 0.3) is 0 Å². The highest BCUT2D eigenvalue weighted by Gasteiger charge is 2.37. The van der Waals surface area contributed by atoms with E-state index in [9.17, 15) is 0 Å². The number of nitrogens with zero attached hydrogens (tertiary/aromatic N) is 1. The van der Waals surface area contributed by atoms with Crippen molar-refractivity contribution in [2.75, 3.05) is 18.8 Å². The first-order valence-corrected chi connectivity index (χ1v) is 9.12. The summed E-state index contributed by atoms with van der Waals surface area (Å²) >= 11 is 3.94. The van der Waals surface area contributed by atoms with Crippen LogP contribution in [0.15, 0.2) is 11.1 Å². The van der Waals surface area contributed by atoms with Crippen molar-refractivity contribution in [2.24, 2.45) is 4.99 Å². The largest absolute Gasteiger partial charge is 0.317 e. The summed E-state index contributed by atoms with van der Waals surface area (Å²) < 4.78 is 0. The maximum absolute atomic E-state index is 5.20. The minimum atomic E-state index is 0.200. The van der Waals surface area contributed by atoms with Crippen LogP contribution in [-0.2, 0) is 12.8 Å². The van der Waals surface area contributed by atoms with Gasteiger partial charge in [-0.25, -0.2) is 0 Å². The van der Waals surface area contributed by atoms with Crippen molar-refractivity contribution in [1.29, 1.82) is 0 Å². The van der Waals surface area contributed by atoms with Crippen molar-refractivity contribution >= 4 is 28.1 Å². The summed E-state index contributed by atoms with van der Waals surface area (Å²) in [6.07, 6.45) is 4.71. The molecule has 1 spiro atoms. The molecule has 3 rings (SSSR count). The van der Waals surface area contributed by atoms with Gasteiger partial charge in [-0.05, 0) is 44.2 Å². The van der Waals surface area contributed by atoms with E-state index in [0.29, 0.717) is 0 Å². The second-order valence-electron chi connectivity index (χ2n) is 5.40. The molecule has 1 N–H and O–H groups in total. The average Bonchev–Trinajstić information content (AvgIpc) is 2.83. The minimum Gasteiger partial charge on any atom is -0.317 e. The van der Waals surface area contributed by atoms with Crippen LogP contribution in [0, 0.1) is 0 Å². The van der Waals surface area contributed by atoms with E-state index >= 15 is 0 Å². The SMILES string of the molecule is CCSC1=NC2(CCNCC2)Cc2sc(CC)cc21. The number of aryl methyl sites for hydroxylation is 1. The lowest BCUT2D eigenvalue weighted by atomic mass is 9.83. The molecule has 0 aromatic carbocycles. The van der Waals surface area contributed by atoms with Crippen molar-refractivity contribution < 1.29 is 0 Å². The van der Waals surface area contributed by atoms with E-state index in [1.807, 2.05) is 23.1 Å². The van der Waals surface area contributed by atoms with E-state index in [4.69, 9.17) is 4.99 Å². The molecule has 4 heteroatoms. The highest BCUT2D eigenvalue weighted by atomic mass is 32.2. The van der Waals surface area contributed by atoms with Crippen LogP contribution in [0.1, 0.15) is 42.0 Å². The molecule has 3 heterocycles. The molecule has 0 amide bonds. The van der Waals surface area contributed by atoms with Gasteiger partial charge in [0.15, 0.2) is 0 Å². The number of piperidine rings is 1. The van der Waals surface area contributed by atoms with Gasteiger partial charge in [0.1, 0.15) is 0 Å². The number of fused-ring (bicyclic) bond motifs is 1. The summed E-state index contributed by atoms with van der Waals surface area (Å²) in [7, 11) is 0. The van der Waals surface area contributed by atoms with Gasteiger partial charge >= 0.3 is 0 Å². The third-order valence-electron chi connectivity index (χ3n) is 4.08.